The van der Waals surface area contributed by atoms with Crippen molar-refractivity contribution in [1.82, 2.24) is 20.9 Å². The van der Waals surface area contributed by atoms with Gasteiger partial charge >= 0.3 is 0 Å². The molecule has 4 aliphatic rings. The molecule has 46 heavy (non-hydrogen) atoms. The van der Waals surface area contributed by atoms with Gasteiger partial charge in [0.25, 0.3) is 5.91 Å². The van der Waals surface area contributed by atoms with E-state index >= 15 is 0 Å². The van der Waals surface area contributed by atoms with E-state index in [1.54, 1.807) is 19.2 Å². The van der Waals surface area contributed by atoms with E-state index in [-0.39, 0.29) is 49.2 Å². The monoisotopic (exact) mass is 632 g/mol. The fraction of sp³-hybridized carbons (Fsp3) is 0.556. The zero-order valence-corrected chi connectivity index (χ0v) is 27.0. The van der Waals surface area contributed by atoms with Crippen LogP contribution in [0.2, 0.25) is 0 Å². The average molecular weight is 633 g/mol. The van der Waals surface area contributed by atoms with Gasteiger partial charge in [-0.3, -0.25) is 19.2 Å². The number of nitrogens with zero attached hydrogens (tertiary/aromatic N) is 1. The lowest BCUT2D eigenvalue weighted by Gasteiger charge is -2.36. The van der Waals surface area contributed by atoms with Crippen LogP contribution >= 0.6 is 0 Å². The topological polar surface area (TPSA) is 126 Å². The summed E-state index contributed by atoms with van der Waals surface area (Å²) in [6, 6.07) is 17.4. The first-order valence-electron chi connectivity index (χ1n) is 16.7. The van der Waals surface area contributed by atoms with Crippen LogP contribution < -0.4 is 20.7 Å². The van der Waals surface area contributed by atoms with Gasteiger partial charge in [-0.05, 0) is 81.0 Å². The minimum Gasteiger partial charge on any atom is -0.484 e. The zero-order chi connectivity index (χ0) is 32.4. The Morgan fingerprint density at radius 2 is 1.70 bits per heavy atom. The van der Waals surface area contributed by atoms with Crippen molar-refractivity contribution in [2.45, 2.75) is 75.7 Å². The molecule has 6 rings (SSSR count). The first-order chi connectivity index (χ1) is 22.3. The Bertz CT molecular complexity index is 1340. The molecule has 248 valence electrons. The van der Waals surface area contributed by atoms with E-state index in [4.69, 9.17) is 9.47 Å². The molecular formula is C36H48N4O6. The molecular weight excluding hydrogens is 584 g/mol. The predicted molar refractivity (Wildman–Crippen MR) is 174 cm³/mol. The van der Waals surface area contributed by atoms with E-state index in [1.165, 1.54) is 0 Å². The Morgan fingerprint density at radius 3 is 2.37 bits per heavy atom. The summed E-state index contributed by atoms with van der Waals surface area (Å²) in [6.07, 6.45) is 6.75. The fourth-order valence-electron chi connectivity index (χ4n) is 6.41. The second-order valence-corrected chi connectivity index (χ2v) is 13.1. The summed E-state index contributed by atoms with van der Waals surface area (Å²) in [5.41, 5.74) is 0.510. The molecule has 2 aliphatic carbocycles. The largest absolute Gasteiger partial charge is 0.484 e. The molecule has 2 fully saturated rings. The third kappa shape index (κ3) is 8.46. The van der Waals surface area contributed by atoms with Crippen molar-refractivity contribution in [2.75, 3.05) is 46.5 Å². The average Bonchev–Trinajstić information content (AvgIpc) is 3.87. The minimum absolute atomic E-state index is 0.0742. The Balaban J connectivity index is 1.33. The maximum atomic E-state index is 13.9. The smallest absolute Gasteiger partial charge is 0.257 e. The van der Waals surface area contributed by atoms with Crippen molar-refractivity contribution >= 4 is 23.6 Å². The SMILES string of the molecule is COCCC1(C(=O)NC2CCC2)CNC(=O)CCCN(C(=O)C2(c3ccccc3)CC2)CCCNC(=O)COc2ccc(cc2)C1. The lowest BCUT2D eigenvalue weighted by atomic mass is 9.76. The molecule has 0 radical (unpaired) electrons. The summed E-state index contributed by atoms with van der Waals surface area (Å²) in [5, 5.41) is 9.19. The van der Waals surface area contributed by atoms with Crippen molar-refractivity contribution in [3.8, 4) is 5.75 Å². The normalized spacial score (nSPS) is 22.8. The van der Waals surface area contributed by atoms with Gasteiger partial charge < -0.3 is 30.3 Å². The predicted octanol–water partition coefficient (Wildman–Crippen LogP) is 3.28. The molecule has 2 aliphatic heterocycles. The maximum Gasteiger partial charge on any atom is 0.257 e. The molecule has 1 unspecified atom stereocenters. The second kappa shape index (κ2) is 15.6. The van der Waals surface area contributed by atoms with Crippen LogP contribution in [0.5, 0.6) is 5.75 Å². The molecule has 0 spiro atoms. The molecule has 2 aromatic carbocycles. The third-order valence-corrected chi connectivity index (χ3v) is 9.70. The molecule has 2 saturated carbocycles. The van der Waals surface area contributed by atoms with Gasteiger partial charge in [-0.2, -0.15) is 0 Å². The van der Waals surface area contributed by atoms with E-state index in [9.17, 15) is 19.2 Å². The van der Waals surface area contributed by atoms with Crippen LogP contribution in [0.15, 0.2) is 54.6 Å². The highest BCUT2D eigenvalue weighted by Crippen LogP contribution is 2.49. The standard InChI is InChI=1S/C36H48N4O6/c1-45-23-19-35(33(43)39-29-10-5-11-29)24-27-13-15-30(16-14-27)46-25-32(42)37-20-7-22-40(21-6-12-31(41)38-26-35)34(44)36(17-18-36)28-8-3-2-4-9-28/h2-4,8-9,13-16,29H,5-7,10-12,17-26H2,1H3,(H,37,42)(H,38,41)(H,39,43). The quantitative estimate of drug-likeness (QED) is 0.430. The lowest BCUT2D eigenvalue weighted by molar-refractivity contribution is -0.135. The number of carbonyl (C=O) groups excluding carboxylic acids is 4. The molecule has 2 bridgehead atoms. The van der Waals surface area contributed by atoms with Crippen LogP contribution in [0.3, 0.4) is 0 Å². The highest BCUT2D eigenvalue weighted by molar-refractivity contribution is 5.91. The van der Waals surface area contributed by atoms with Crippen LogP contribution in [0.1, 0.15) is 68.9 Å². The lowest BCUT2D eigenvalue weighted by Crippen LogP contribution is -2.54. The van der Waals surface area contributed by atoms with Gasteiger partial charge in [0, 0.05) is 52.4 Å². The first-order valence-corrected chi connectivity index (χ1v) is 16.7. The number of fused-ring (bicyclic) bond motifs is 17. The fourth-order valence-corrected chi connectivity index (χ4v) is 6.41. The number of hydrogen-bond acceptors (Lipinski definition) is 6. The number of nitrogens with one attached hydrogen (secondary N) is 3. The van der Waals surface area contributed by atoms with E-state index < -0.39 is 10.8 Å². The Hall–Kier alpha value is -3.92. The summed E-state index contributed by atoms with van der Waals surface area (Å²) in [5.74, 6) is 0.157. The van der Waals surface area contributed by atoms with Crippen molar-refractivity contribution < 1.29 is 28.7 Å². The minimum atomic E-state index is -0.916. The Labute approximate surface area is 272 Å². The number of amides is 4. The van der Waals surface area contributed by atoms with Gasteiger partial charge in [0.2, 0.25) is 17.7 Å². The summed E-state index contributed by atoms with van der Waals surface area (Å²) in [6.45, 7) is 1.74. The van der Waals surface area contributed by atoms with Gasteiger partial charge in [-0.15, -0.1) is 0 Å². The van der Waals surface area contributed by atoms with Crippen LogP contribution in [-0.4, -0.2) is 81.1 Å². The van der Waals surface area contributed by atoms with Gasteiger partial charge in [0.1, 0.15) is 5.75 Å². The van der Waals surface area contributed by atoms with E-state index in [0.717, 1.165) is 43.2 Å². The molecule has 2 heterocycles. The highest BCUT2D eigenvalue weighted by atomic mass is 16.5. The van der Waals surface area contributed by atoms with E-state index in [2.05, 4.69) is 16.0 Å². The number of rotatable bonds is 7. The molecule has 0 saturated heterocycles. The highest BCUT2D eigenvalue weighted by Gasteiger charge is 2.52. The number of benzene rings is 2. The number of carbonyl (C=O) groups is 4. The maximum absolute atomic E-state index is 13.9. The van der Waals surface area contributed by atoms with Crippen LogP contribution in [0.4, 0.5) is 0 Å². The van der Waals surface area contributed by atoms with Crippen molar-refractivity contribution in [3.63, 3.8) is 0 Å². The second-order valence-electron chi connectivity index (χ2n) is 13.1. The van der Waals surface area contributed by atoms with Gasteiger partial charge in [-0.25, -0.2) is 0 Å². The molecule has 1 atom stereocenters. The number of methoxy groups -OCH3 is 1. The van der Waals surface area contributed by atoms with Crippen LogP contribution in [0.25, 0.3) is 0 Å². The Kier molecular flexibility index (Phi) is 11.3. The molecule has 4 amide bonds. The van der Waals surface area contributed by atoms with Crippen molar-refractivity contribution in [3.05, 3.63) is 65.7 Å². The summed E-state index contributed by atoms with van der Waals surface area (Å²) < 4.78 is 11.2. The summed E-state index contributed by atoms with van der Waals surface area (Å²) in [7, 11) is 1.61. The molecule has 10 nitrogen and oxygen atoms in total. The number of hydrogen-bond donors (Lipinski definition) is 3. The molecule has 0 aromatic heterocycles. The Morgan fingerprint density at radius 1 is 0.957 bits per heavy atom. The summed E-state index contributed by atoms with van der Waals surface area (Å²) in [4.78, 5) is 55.4. The van der Waals surface area contributed by atoms with Crippen molar-refractivity contribution in [2.24, 2.45) is 5.41 Å². The van der Waals surface area contributed by atoms with Gasteiger partial charge in [-0.1, -0.05) is 42.5 Å². The van der Waals surface area contributed by atoms with Crippen LogP contribution in [0, 0.1) is 5.41 Å². The molecule has 2 aromatic rings. The van der Waals surface area contributed by atoms with Gasteiger partial charge in [0.05, 0.1) is 10.8 Å². The third-order valence-electron chi connectivity index (χ3n) is 9.70. The van der Waals surface area contributed by atoms with Crippen molar-refractivity contribution in [1.29, 1.82) is 0 Å². The van der Waals surface area contributed by atoms with E-state index in [1.807, 2.05) is 47.4 Å². The first kappa shape index (κ1) is 33.4. The number of ether oxygens (including phenoxy) is 2. The summed E-state index contributed by atoms with van der Waals surface area (Å²) >= 11 is 0. The van der Waals surface area contributed by atoms with Crippen LogP contribution in [-0.2, 0) is 35.8 Å². The molecule has 10 heteroatoms. The van der Waals surface area contributed by atoms with Gasteiger partial charge in [0.15, 0.2) is 6.61 Å². The molecule has 3 N–H and O–H groups in total. The zero-order valence-electron chi connectivity index (χ0n) is 27.0. The van der Waals surface area contributed by atoms with E-state index in [0.29, 0.717) is 57.7 Å².